The monoisotopic (exact) mass is 464 g/mol. The number of carbonyl (C=O) groups is 1. The van der Waals surface area contributed by atoms with Crippen molar-refractivity contribution in [3.05, 3.63) is 41.5 Å². The van der Waals surface area contributed by atoms with E-state index in [9.17, 15) is 18.0 Å². The number of aromatic nitrogens is 3. The van der Waals surface area contributed by atoms with Gasteiger partial charge in [-0.25, -0.2) is 18.2 Å². The molecule has 1 aliphatic rings. The Morgan fingerprint density at radius 3 is 2.88 bits per heavy atom. The molecule has 1 amide bonds. The smallest absolute Gasteiger partial charge is 0.277 e. The number of aryl methyl sites for hydroxylation is 2. The summed E-state index contributed by atoms with van der Waals surface area (Å²) in [5, 5.41) is 7.23. The molecule has 7 nitrogen and oxygen atoms in total. The molecular weight excluding hydrogens is 441 g/mol. The predicted molar refractivity (Wildman–Crippen MR) is 119 cm³/mol. The van der Waals surface area contributed by atoms with Gasteiger partial charge in [0.05, 0.1) is 12.7 Å². The van der Waals surface area contributed by atoms with Crippen LogP contribution in [0.5, 0.6) is 0 Å². The number of carbonyl (C=O) groups excluding carboxylic acids is 1. The number of nitrogens with zero attached hydrogens (tertiary/aromatic N) is 4. The van der Waals surface area contributed by atoms with Gasteiger partial charge in [0.25, 0.3) is 11.8 Å². The molecule has 1 saturated heterocycles. The number of hydrogen-bond donors (Lipinski definition) is 2. The normalized spacial score (nSPS) is 16.1. The molecular formula is C21H23F3N6OS. The number of nitrogens with one attached hydrogen (secondary N) is 1. The number of benzene rings is 1. The summed E-state index contributed by atoms with van der Waals surface area (Å²) in [7, 11) is 1.63. The van der Waals surface area contributed by atoms with E-state index < -0.39 is 24.2 Å². The van der Waals surface area contributed by atoms with Crippen molar-refractivity contribution in [1.29, 1.82) is 0 Å². The lowest BCUT2D eigenvalue weighted by Crippen LogP contribution is -2.36. The second kappa shape index (κ2) is 8.45. The van der Waals surface area contributed by atoms with Crippen LogP contribution in [0.25, 0.3) is 10.6 Å². The Labute approximate surface area is 187 Å². The molecule has 0 radical (unpaired) electrons. The van der Waals surface area contributed by atoms with Crippen LogP contribution < -0.4 is 16.0 Å². The first-order valence-corrected chi connectivity index (χ1v) is 11.0. The Morgan fingerprint density at radius 1 is 1.31 bits per heavy atom. The van der Waals surface area contributed by atoms with Crippen molar-refractivity contribution in [2.45, 2.75) is 32.1 Å². The third-order valence-corrected chi connectivity index (χ3v) is 6.24. The van der Waals surface area contributed by atoms with E-state index >= 15 is 0 Å². The highest BCUT2D eigenvalue weighted by Gasteiger charge is 2.35. The van der Waals surface area contributed by atoms with Gasteiger partial charge >= 0.3 is 0 Å². The quantitative estimate of drug-likeness (QED) is 0.596. The molecule has 32 heavy (non-hydrogen) atoms. The maximum Gasteiger partial charge on any atom is 0.277 e. The fourth-order valence-corrected chi connectivity index (χ4v) is 4.64. The van der Waals surface area contributed by atoms with Crippen LogP contribution in [0.2, 0.25) is 0 Å². The van der Waals surface area contributed by atoms with E-state index in [0.29, 0.717) is 25.2 Å². The van der Waals surface area contributed by atoms with Gasteiger partial charge in [-0.2, -0.15) is 5.10 Å². The lowest BCUT2D eigenvalue weighted by molar-refractivity contribution is 0.00330. The number of amides is 1. The summed E-state index contributed by atoms with van der Waals surface area (Å²) >= 11 is 1.00. The van der Waals surface area contributed by atoms with Crippen molar-refractivity contribution in [1.82, 2.24) is 14.8 Å². The van der Waals surface area contributed by atoms with E-state index in [1.807, 2.05) is 6.92 Å². The van der Waals surface area contributed by atoms with Gasteiger partial charge in [-0.05, 0) is 31.9 Å². The summed E-state index contributed by atoms with van der Waals surface area (Å²) in [6.07, 6.45) is 2.27. The third-order valence-electron chi connectivity index (χ3n) is 5.32. The number of alkyl halides is 2. The third kappa shape index (κ3) is 4.43. The molecule has 3 aromatic rings. The SMILES string of the molecule is Cc1ccc(F)c(-c2nc(C(=O)Nc3cnn(C)c3N3CCCCC(F)(F)C3)c(N)s2)c1. The average Bonchev–Trinajstić information content (AvgIpc) is 3.22. The number of nitrogens with two attached hydrogens (primary N) is 1. The molecule has 3 heterocycles. The standard InChI is InChI=1S/C21H23F3N6OS/c1-12-5-6-14(22)13(9-12)19-28-16(17(25)32-19)18(31)27-15-10-26-29(2)20(15)30-8-4-3-7-21(23,24)11-30/h5-6,9-10H,3-4,7-8,11,25H2,1-2H3,(H,27,31). The van der Waals surface area contributed by atoms with Gasteiger partial charge in [0, 0.05) is 25.6 Å². The Morgan fingerprint density at radius 2 is 2.09 bits per heavy atom. The molecule has 0 spiro atoms. The lowest BCUT2D eigenvalue weighted by atomic mass is 10.1. The first-order valence-electron chi connectivity index (χ1n) is 10.1. The summed E-state index contributed by atoms with van der Waals surface area (Å²) < 4.78 is 44.0. The van der Waals surface area contributed by atoms with E-state index in [-0.39, 0.29) is 33.4 Å². The first kappa shape index (κ1) is 22.1. The minimum atomic E-state index is -2.83. The zero-order valence-electron chi connectivity index (χ0n) is 17.7. The zero-order chi connectivity index (χ0) is 23.0. The summed E-state index contributed by atoms with van der Waals surface area (Å²) in [6, 6.07) is 4.61. The van der Waals surface area contributed by atoms with Crippen molar-refractivity contribution in [3.8, 4) is 10.6 Å². The van der Waals surface area contributed by atoms with E-state index in [1.165, 1.54) is 21.8 Å². The van der Waals surface area contributed by atoms with Crippen LogP contribution in [0.4, 0.5) is 29.7 Å². The second-order valence-corrected chi connectivity index (χ2v) is 8.94. The highest BCUT2D eigenvalue weighted by molar-refractivity contribution is 7.19. The van der Waals surface area contributed by atoms with E-state index in [0.717, 1.165) is 16.9 Å². The number of anilines is 3. The molecule has 3 N–H and O–H groups in total. The molecule has 4 rings (SSSR count). The molecule has 0 aliphatic carbocycles. The molecule has 0 bridgehead atoms. The number of hydrogen-bond acceptors (Lipinski definition) is 6. The maximum absolute atomic E-state index is 14.2. The van der Waals surface area contributed by atoms with Gasteiger partial charge in [-0.1, -0.05) is 23.0 Å². The number of thiazole rings is 1. The highest BCUT2D eigenvalue weighted by atomic mass is 32.1. The Bertz CT molecular complexity index is 1160. The largest absolute Gasteiger partial charge is 0.389 e. The second-order valence-electron chi connectivity index (χ2n) is 7.91. The average molecular weight is 465 g/mol. The van der Waals surface area contributed by atoms with E-state index in [4.69, 9.17) is 5.73 Å². The number of nitrogen functional groups attached to an aromatic ring is 1. The number of halogens is 3. The Balaban J connectivity index is 1.61. The molecule has 170 valence electrons. The van der Waals surface area contributed by atoms with E-state index in [1.54, 1.807) is 19.2 Å². The zero-order valence-corrected chi connectivity index (χ0v) is 18.5. The summed E-state index contributed by atoms with van der Waals surface area (Å²) in [5.74, 6) is -3.52. The van der Waals surface area contributed by atoms with Gasteiger partial charge in [-0.3, -0.25) is 9.48 Å². The molecule has 1 aliphatic heterocycles. The van der Waals surface area contributed by atoms with Crippen LogP contribution in [-0.2, 0) is 7.05 Å². The van der Waals surface area contributed by atoms with Gasteiger partial charge in [0.2, 0.25) is 0 Å². The van der Waals surface area contributed by atoms with Crippen LogP contribution in [0, 0.1) is 12.7 Å². The van der Waals surface area contributed by atoms with Crippen LogP contribution in [-0.4, -0.2) is 39.7 Å². The Kier molecular flexibility index (Phi) is 5.85. The van der Waals surface area contributed by atoms with Crippen LogP contribution >= 0.6 is 11.3 Å². The summed E-state index contributed by atoms with van der Waals surface area (Å²) in [6.45, 7) is 1.79. The molecule has 1 aromatic carbocycles. The van der Waals surface area contributed by atoms with Crippen LogP contribution in [0.15, 0.2) is 24.4 Å². The van der Waals surface area contributed by atoms with Crippen molar-refractivity contribution in [2.75, 3.05) is 29.0 Å². The number of rotatable bonds is 4. The van der Waals surface area contributed by atoms with Crippen molar-refractivity contribution < 1.29 is 18.0 Å². The highest BCUT2D eigenvalue weighted by Crippen LogP contribution is 2.35. The molecule has 2 aromatic heterocycles. The first-order chi connectivity index (χ1) is 15.1. The maximum atomic E-state index is 14.2. The minimum absolute atomic E-state index is 0.0538. The topological polar surface area (TPSA) is 89.1 Å². The van der Waals surface area contributed by atoms with E-state index in [2.05, 4.69) is 15.4 Å². The van der Waals surface area contributed by atoms with Crippen molar-refractivity contribution in [2.24, 2.45) is 7.05 Å². The Hall–Kier alpha value is -3.08. The summed E-state index contributed by atoms with van der Waals surface area (Å²) in [5.41, 5.74) is 7.34. The van der Waals surface area contributed by atoms with Crippen LogP contribution in [0.1, 0.15) is 35.3 Å². The lowest BCUT2D eigenvalue weighted by Gasteiger charge is -2.27. The molecule has 0 saturated carbocycles. The molecule has 11 heteroatoms. The van der Waals surface area contributed by atoms with Crippen molar-refractivity contribution >= 4 is 33.8 Å². The van der Waals surface area contributed by atoms with Crippen molar-refractivity contribution in [3.63, 3.8) is 0 Å². The minimum Gasteiger partial charge on any atom is -0.389 e. The van der Waals surface area contributed by atoms with Gasteiger partial charge in [0.15, 0.2) is 11.5 Å². The van der Waals surface area contributed by atoms with Crippen LogP contribution in [0.3, 0.4) is 0 Å². The van der Waals surface area contributed by atoms with Gasteiger partial charge in [-0.15, -0.1) is 0 Å². The molecule has 0 atom stereocenters. The predicted octanol–water partition coefficient (Wildman–Crippen LogP) is 4.45. The van der Waals surface area contributed by atoms with Gasteiger partial charge < -0.3 is 16.0 Å². The fourth-order valence-electron chi connectivity index (χ4n) is 3.79. The molecule has 0 unspecified atom stereocenters. The van der Waals surface area contributed by atoms with Gasteiger partial charge in [0.1, 0.15) is 21.5 Å². The summed E-state index contributed by atoms with van der Waals surface area (Å²) in [4.78, 5) is 18.7. The fraction of sp³-hybridized carbons (Fsp3) is 0.381. The molecule has 1 fully saturated rings.